The lowest BCUT2D eigenvalue weighted by molar-refractivity contribution is -0.149. The van der Waals surface area contributed by atoms with Crippen LogP contribution >= 0.6 is 0 Å². The molecule has 1 rings (SSSR count). The minimum absolute atomic E-state index is 0.177. The topological polar surface area (TPSA) is 75.7 Å². The van der Waals surface area contributed by atoms with Crippen LogP contribution in [0.15, 0.2) is 29.2 Å². The molecular weight excluding hydrogens is 328 g/mol. The number of nitrogens with zero attached hydrogens (tertiary/aromatic N) is 1. The summed E-state index contributed by atoms with van der Waals surface area (Å²) in [5.41, 5.74) is 0.998. The highest BCUT2D eigenvalue weighted by Crippen LogP contribution is 2.11. The van der Waals surface area contributed by atoms with E-state index in [0.29, 0.717) is 26.1 Å². The van der Waals surface area contributed by atoms with E-state index in [2.05, 4.69) is 4.72 Å². The Bertz CT molecular complexity index is 610. The molecule has 0 saturated heterocycles. The van der Waals surface area contributed by atoms with Crippen molar-refractivity contribution < 1.29 is 17.9 Å². The van der Waals surface area contributed by atoms with Gasteiger partial charge in [0.1, 0.15) is 6.04 Å². The minimum Gasteiger partial charge on any atom is -0.465 e. The van der Waals surface area contributed by atoms with Crippen molar-refractivity contribution in [2.45, 2.75) is 45.1 Å². The van der Waals surface area contributed by atoms with Crippen LogP contribution in [0.5, 0.6) is 0 Å². The van der Waals surface area contributed by atoms with Crippen LogP contribution in [-0.4, -0.2) is 51.6 Å². The average Bonchev–Trinajstić information content (AvgIpc) is 2.55. The number of benzene rings is 1. The van der Waals surface area contributed by atoms with E-state index in [1.165, 1.54) is 0 Å². The third kappa shape index (κ3) is 5.89. The van der Waals surface area contributed by atoms with Gasteiger partial charge in [0.2, 0.25) is 10.0 Å². The van der Waals surface area contributed by atoms with E-state index < -0.39 is 16.1 Å². The van der Waals surface area contributed by atoms with Crippen LogP contribution in [0, 0.1) is 6.92 Å². The van der Waals surface area contributed by atoms with E-state index >= 15 is 0 Å². The quantitative estimate of drug-likeness (QED) is 0.649. The SMILES string of the molecule is CCOC(=O)C(CCNS(=O)(=O)c1ccc(C)cc1)N(CC)CC. The van der Waals surface area contributed by atoms with E-state index in [0.717, 1.165) is 5.56 Å². The van der Waals surface area contributed by atoms with Gasteiger partial charge in [-0.05, 0) is 45.5 Å². The van der Waals surface area contributed by atoms with Gasteiger partial charge in [-0.25, -0.2) is 13.1 Å². The van der Waals surface area contributed by atoms with Gasteiger partial charge in [-0.1, -0.05) is 31.5 Å². The molecule has 1 aromatic carbocycles. The van der Waals surface area contributed by atoms with Gasteiger partial charge in [0.25, 0.3) is 0 Å². The van der Waals surface area contributed by atoms with E-state index in [-0.39, 0.29) is 17.4 Å². The van der Waals surface area contributed by atoms with Gasteiger partial charge in [0.05, 0.1) is 11.5 Å². The summed E-state index contributed by atoms with van der Waals surface area (Å²) in [6.45, 7) is 9.48. The standard InChI is InChI=1S/C17H28N2O4S/c1-5-19(6-2)16(17(20)23-7-3)12-13-18-24(21,22)15-10-8-14(4)9-11-15/h8-11,16,18H,5-7,12-13H2,1-4H3. The monoisotopic (exact) mass is 356 g/mol. The number of hydrogen-bond donors (Lipinski definition) is 1. The molecule has 136 valence electrons. The third-order valence-electron chi connectivity index (χ3n) is 3.85. The molecule has 0 aliphatic heterocycles. The third-order valence-corrected chi connectivity index (χ3v) is 5.33. The number of esters is 1. The molecule has 0 fully saturated rings. The maximum Gasteiger partial charge on any atom is 0.323 e. The van der Waals surface area contributed by atoms with Gasteiger partial charge < -0.3 is 4.74 Å². The first-order valence-corrected chi connectivity index (χ1v) is 9.81. The predicted molar refractivity (Wildman–Crippen MR) is 94.3 cm³/mol. The number of carbonyl (C=O) groups excluding carboxylic acids is 1. The van der Waals surface area contributed by atoms with Crippen molar-refractivity contribution in [3.05, 3.63) is 29.8 Å². The van der Waals surface area contributed by atoms with Crippen molar-refractivity contribution in [3.8, 4) is 0 Å². The maximum atomic E-state index is 12.3. The molecule has 0 aliphatic rings. The smallest absolute Gasteiger partial charge is 0.323 e. The molecule has 24 heavy (non-hydrogen) atoms. The number of aryl methyl sites for hydroxylation is 1. The Morgan fingerprint density at radius 2 is 1.75 bits per heavy atom. The summed E-state index contributed by atoms with van der Waals surface area (Å²) in [4.78, 5) is 14.3. The molecule has 6 nitrogen and oxygen atoms in total. The molecule has 1 atom stereocenters. The van der Waals surface area contributed by atoms with Crippen molar-refractivity contribution in [2.24, 2.45) is 0 Å². The van der Waals surface area contributed by atoms with Gasteiger partial charge >= 0.3 is 5.97 Å². The molecule has 1 N–H and O–H groups in total. The lowest BCUT2D eigenvalue weighted by Crippen LogP contribution is -2.44. The van der Waals surface area contributed by atoms with Gasteiger partial charge in [-0.15, -0.1) is 0 Å². The second kappa shape index (κ2) is 9.76. The Morgan fingerprint density at radius 1 is 1.17 bits per heavy atom. The Balaban J connectivity index is 2.72. The van der Waals surface area contributed by atoms with Gasteiger partial charge in [0.15, 0.2) is 0 Å². The molecule has 0 aromatic heterocycles. The molecule has 0 bridgehead atoms. The lowest BCUT2D eigenvalue weighted by atomic mass is 10.1. The number of carbonyl (C=O) groups is 1. The van der Waals surface area contributed by atoms with Crippen LogP contribution in [0.4, 0.5) is 0 Å². The number of rotatable bonds is 10. The number of nitrogens with one attached hydrogen (secondary N) is 1. The number of likely N-dealkylation sites (N-methyl/N-ethyl adjacent to an activating group) is 1. The van der Waals surface area contributed by atoms with E-state index in [1.54, 1.807) is 31.2 Å². The fraction of sp³-hybridized carbons (Fsp3) is 0.588. The fourth-order valence-corrected chi connectivity index (χ4v) is 3.53. The van der Waals surface area contributed by atoms with Crippen LogP contribution in [0.25, 0.3) is 0 Å². The second-order valence-corrected chi connectivity index (χ2v) is 7.26. The Hall–Kier alpha value is -1.44. The molecule has 0 heterocycles. The summed E-state index contributed by atoms with van der Waals surface area (Å²) >= 11 is 0. The van der Waals surface area contributed by atoms with Crippen LogP contribution in [-0.2, 0) is 19.6 Å². The van der Waals surface area contributed by atoms with E-state index in [4.69, 9.17) is 4.74 Å². The summed E-state index contributed by atoms with van der Waals surface area (Å²) < 4.78 is 32.3. The summed E-state index contributed by atoms with van der Waals surface area (Å²) in [6, 6.07) is 6.22. The summed E-state index contributed by atoms with van der Waals surface area (Å²) in [5.74, 6) is -0.310. The van der Waals surface area contributed by atoms with E-state index in [1.807, 2.05) is 25.7 Å². The highest BCUT2D eigenvalue weighted by Gasteiger charge is 2.25. The molecule has 0 radical (unpaired) electrons. The summed E-state index contributed by atoms with van der Waals surface area (Å²) in [5, 5.41) is 0. The van der Waals surface area contributed by atoms with Crippen molar-refractivity contribution >= 4 is 16.0 Å². The number of hydrogen-bond acceptors (Lipinski definition) is 5. The van der Waals surface area contributed by atoms with Crippen LogP contribution in [0.1, 0.15) is 32.8 Å². The van der Waals surface area contributed by atoms with Crippen molar-refractivity contribution in [1.82, 2.24) is 9.62 Å². The van der Waals surface area contributed by atoms with Crippen LogP contribution < -0.4 is 4.72 Å². The largest absolute Gasteiger partial charge is 0.465 e. The number of ether oxygens (including phenoxy) is 1. The molecular formula is C17H28N2O4S. The average molecular weight is 356 g/mol. The van der Waals surface area contributed by atoms with Crippen molar-refractivity contribution in [3.63, 3.8) is 0 Å². The Kier molecular flexibility index (Phi) is 8.38. The molecule has 0 amide bonds. The van der Waals surface area contributed by atoms with Gasteiger partial charge in [-0.3, -0.25) is 9.69 Å². The molecule has 7 heteroatoms. The molecule has 0 spiro atoms. The second-order valence-electron chi connectivity index (χ2n) is 5.49. The van der Waals surface area contributed by atoms with Crippen molar-refractivity contribution in [2.75, 3.05) is 26.2 Å². The van der Waals surface area contributed by atoms with Gasteiger partial charge in [0, 0.05) is 6.54 Å². The number of sulfonamides is 1. The van der Waals surface area contributed by atoms with Crippen LogP contribution in [0.3, 0.4) is 0 Å². The van der Waals surface area contributed by atoms with Gasteiger partial charge in [-0.2, -0.15) is 0 Å². The highest BCUT2D eigenvalue weighted by atomic mass is 32.2. The Morgan fingerprint density at radius 3 is 2.25 bits per heavy atom. The zero-order valence-corrected chi connectivity index (χ0v) is 15.7. The zero-order chi connectivity index (χ0) is 18.2. The maximum absolute atomic E-state index is 12.3. The lowest BCUT2D eigenvalue weighted by Gasteiger charge is -2.27. The minimum atomic E-state index is -3.57. The fourth-order valence-electron chi connectivity index (χ4n) is 2.48. The summed E-state index contributed by atoms with van der Waals surface area (Å²) in [7, 11) is -3.57. The van der Waals surface area contributed by atoms with Crippen molar-refractivity contribution in [1.29, 1.82) is 0 Å². The van der Waals surface area contributed by atoms with Crippen LogP contribution in [0.2, 0.25) is 0 Å². The molecule has 1 unspecified atom stereocenters. The normalized spacial score (nSPS) is 13.0. The summed E-state index contributed by atoms with van der Waals surface area (Å²) in [6.07, 6.45) is 0.367. The highest BCUT2D eigenvalue weighted by molar-refractivity contribution is 7.89. The Labute approximate surface area is 145 Å². The first-order valence-electron chi connectivity index (χ1n) is 8.32. The molecule has 1 aromatic rings. The molecule has 0 saturated carbocycles. The first-order chi connectivity index (χ1) is 11.4. The van der Waals surface area contributed by atoms with E-state index in [9.17, 15) is 13.2 Å². The molecule has 0 aliphatic carbocycles. The predicted octanol–water partition coefficient (Wildman–Crippen LogP) is 1.94. The first kappa shape index (κ1) is 20.6. The zero-order valence-electron chi connectivity index (χ0n) is 14.9.